The topological polar surface area (TPSA) is 81.1 Å². The van der Waals surface area contributed by atoms with Gasteiger partial charge in [-0.15, -0.1) is 11.3 Å². The predicted octanol–water partition coefficient (Wildman–Crippen LogP) is 3.96. The highest BCUT2D eigenvalue weighted by Gasteiger charge is 2.26. The van der Waals surface area contributed by atoms with Gasteiger partial charge in [-0.05, 0) is 34.1 Å². The molecule has 2 aromatic heterocycles. The van der Waals surface area contributed by atoms with Crippen LogP contribution in [0, 0.1) is 11.6 Å². The Bertz CT molecular complexity index is 1140. The summed E-state index contributed by atoms with van der Waals surface area (Å²) in [6, 6.07) is 4.68. The lowest BCUT2D eigenvalue weighted by Gasteiger charge is -2.04. The summed E-state index contributed by atoms with van der Waals surface area (Å²) < 4.78 is 55.9. The maximum absolute atomic E-state index is 14.0. The van der Waals surface area contributed by atoms with Crippen LogP contribution < -0.4 is 4.72 Å². The number of hydrogen-bond donors (Lipinski definition) is 1. The second-order valence-electron chi connectivity index (χ2n) is 5.28. The first kappa shape index (κ1) is 19.9. The molecule has 0 aliphatic heterocycles. The van der Waals surface area contributed by atoms with Crippen molar-refractivity contribution in [2.24, 2.45) is 7.05 Å². The SMILES string of the molecule is Cn1cc(C(=O)NS(=O)(=O)c2sc(Cl)cc2Br)nc1-c1c(F)cccc1F. The van der Waals surface area contributed by atoms with E-state index in [0.717, 1.165) is 23.5 Å². The quantitative estimate of drug-likeness (QED) is 0.593. The lowest BCUT2D eigenvalue weighted by Crippen LogP contribution is -2.30. The van der Waals surface area contributed by atoms with Crippen LogP contribution in [-0.4, -0.2) is 23.9 Å². The zero-order chi connectivity index (χ0) is 19.9. The van der Waals surface area contributed by atoms with Crippen molar-refractivity contribution in [2.75, 3.05) is 0 Å². The number of amides is 1. The number of aromatic nitrogens is 2. The van der Waals surface area contributed by atoms with Gasteiger partial charge in [-0.25, -0.2) is 26.9 Å². The van der Waals surface area contributed by atoms with Gasteiger partial charge in [-0.1, -0.05) is 17.7 Å². The van der Waals surface area contributed by atoms with E-state index in [2.05, 4.69) is 20.9 Å². The van der Waals surface area contributed by atoms with Gasteiger partial charge >= 0.3 is 0 Å². The molecule has 0 atom stereocenters. The van der Waals surface area contributed by atoms with Crippen molar-refractivity contribution in [3.8, 4) is 11.4 Å². The van der Waals surface area contributed by atoms with E-state index in [9.17, 15) is 22.0 Å². The first-order valence-electron chi connectivity index (χ1n) is 7.10. The fraction of sp³-hybridized carbons (Fsp3) is 0.0667. The van der Waals surface area contributed by atoms with Gasteiger partial charge in [0.05, 0.1) is 14.4 Å². The zero-order valence-electron chi connectivity index (χ0n) is 13.3. The minimum absolute atomic E-state index is 0.159. The van der Waals surface area contributed by atoms with Crippen LogP contribution in [0.25, 0.3) is 11.4 Å². The van der Waals surface area contributed by atoms with Gasteiger partial charge < -0.3 is 4.57 Å². The number of rotatable bonds is 4. The summed E-state index contributed by atoms with van der Waals surface area (Å²) in [6.07, 6.45) is 1.17. The second kappa shape index (κ2) is 7.30. The van der Waals surface area contributed by atoms with Gasteiger partial charge in [0.1, 0.15) is 23.2 Å². The van der Waals surface area contributed by atoms with Crippen LogP contribution in [0.2, 0.25) is 4.34 Å². The molecule has 0 radical (unpaired) electrons. The summed E-state index contributed by atoms with van der Waals surface area (Å²) in [5, 5.41) is 0. The molecule has 3 aromatic rings. The molecule has 0 saturated carbocycles. The van der Waals surface area contributed by atoms with Crippen molar-refractivity contribution in [1.82, 2.24) is 14.3 Å². The number of halogens is 4. The number of carbonyl (C=O) groups is 1. The number of nitrogens with zero attached hydrogens (tertiary/aromatic N) is 2. The van der Waals surface area contributed by atoms with Gasteiger partial charge in [0.25, 0.3) is 15.9 Å². The molecule has 1 amide bonds. The van der Waals surface area contributed by atoms with E-state index in [1.54, 1.807) is 0 Å². The van der Waals surface area contributed by atoms with Crippen LogP contribution in [0.1, 0.15) is 10.5 Å². The molecule has 1 aromatic carbocycles. The Labute approximate surface area is 170 Å². The van der Waals surface area contributed by atoms with Crippen LogP contribution in [0.3, 0.4) is 0 Å². The number of imidazole rings is 1. The number of thiophene rings is 1. The van der Waals surface area contributed by atoms with Crippen LogP contribution in [0.4, 0.5) is 8.78 Å². The molecule has 2 heterocycles. The van der Waals surface area contributed by atoms with Crippen molar-refractivity contribution in [1.29, 1.82) is 0 Å². The van der Waals surface area contributed by atoms with Gasteiger partial charge in [-0.3, -0.25) is 4.79 Å². The van der Waals surface area contributed by atoms with Crippen molar-refractivity contribution in [3.63, 3.8) is 0 Å². The summed E-state index contributed by atoms with van der Waals surface area (Å²) in [7, 11) is -2.79. The molecule has 0 aliphatic carbocycles. The minimum Gasteiger partial charge on any atom is -0.333 e. The highest BCUT2D eigenvalue weighted by Crippen LogP contribution is 2.34. The number of carbonyl (C=O) groups excluding carboxylic acids is 1. The molecule has 0 fully saturated rings. The maximum atomic E-state index is 14.0. The lowest BCUT2D eigenvalue weighted by atomic mass is 10.2. The number of benzene rings is 1. The fourth-order valence-corrected chi connectivity index (χ4v) is 6.22. The molecule has 0 unspecified atom stereocenters. The molecule has 3 rings (SSSR count). The van der Waals surface area contributed by atoms with E-state index in [1.807, 2.05) is 4.72 Å². The van der Waals surface area contributed by atoms with Crippen molar-refractivity contribution in [2.45, 2.75) is 4.21 Å². The van der Waals surface area contributed by atoms with E-state index in [-0.39, 0.29) is 24.5 Å². The number of nitrogens with one attached hydrogen (secondary N) is 1. The fourth-order valence-electron chi connectivity index (χ4n) is 2.25. The van der Waals surface area contributed by atoms with Crippen LogP contribution in [0.15, 0.2) is 39.1 Å². The summed E-state index contributed by atoms with van der Waals surface area (Å²) in [5.74, 6) is -2.93. The Morgan fingerprint density at radius 1 is 1.33 bits per heavy atom. The summed E-state index contributed by atoms with van der Waals surface area (Å²) in [4.78, 5) is 16.2. The van der Waals surface area contributed by atoms with E-state index >= 15 is 0 Å². The molecular weight excluding hydrogens is 488 g/mol. The Hall–Kier alpha value is -1.82. The Morgan fingerprint density at radius 3 is 2.52 bits per heavy atom. The molecule has 0 bridgehead atoms. The van der Waals surface area contributed by atoms with Gasteiger partial charge in [0.2, 0.25) is 0 Å². The van der Waals surface area contributed by atoms with Crippen molar-refractivity contribution < 1.29 is 22.0 Å². The second-order valence-corrected chi connectivity index (χ2v) is 9.69. The van der Waals surface area contributed by atoms with Crippen LogP contribution >= 0.6 is 38.9 Å². The molecular formula is C15H9BrClF2N3O3S2. The molecule has 27 heavy (non-hydrogen) atoms. The molecule has 0 spiro atoms. The summed E-state index contributed by atoms with van der Waals surface area (Å²) >= 11 is 9.58. The van der Waals surface area contributed by atoms with E-state index in [1.165, 1.54) is 29.9 Å². The lowest BCUT2D eigenvalue weighted by molar-refractivity contribution is 0.0977. The number of aryl methyl sites for hydroxylation is 1. The zero-order valence-corrected chi connectivity index (χ0v) is 17.3. The summed E-state index contributed by atoms with van der Waals surface area (Å²) in [5.41, 5.74) is -0.743. The third-order valence-electron chi connectivity index (χ3n) is 3.39. The molecule has 0 aliphatic rings. The molecule has 1 N–H and O–H groups in total. The van der Waals surface area contributed by atoms with Crippen LogP contribution in [-0.2, 0) is 17.1 Å². The smallest absolute Gasteiger partial charge is 0.285 e. The average molecular weight is 497 g/mol. The third-order valence-corrected chi connectivity index (χ3v) is 7.67. The minimum atomic E-state index is -4.21. The molecule has 6 nitrogen and oxygen atoms in total. The third kappa shape index (κ3) is 3.91. The average Bonchev–Trinajstić information content (AvgIpc) is 3.10. The monoisotopic (exact) mass is 495 g/mol. The molecule has 12 heteroatoms. The van der Waals surface area contributed by atoms with Crippen LogP contribution in [0.5, 0.6) is 0 Å². The predicted molar refractivity (Wildman–Crippen MR) is 100 cm³/mol. The Balaban J connectivity index is 1.94. The van der Waals surface area contributed by atoms with E-state index < -0.39 is 33.1 Å². The number of sulfonamides is 1. The Morgan fingerprint density at radius 2 is 1.96 bits per heavy atom. The standard InChI is InChI=1S/C15H9BrClF2N3O3S2/c1-22-6-10(20-13(22)12-8(18)3-2-4-9(12)19)14(23)21-27(24,25)15-7(16)5-11(17)26-15/h2-6H,1H3,(H,21,23). The molecule has 0 saturated heterocycles. The van der Waals surface area contributed by atoms with Crippen molar-refractivity contribution >= 4 is 54.8 Å². The highest BCUT2D eigenvalue weighted by atomic mass is 79.9. The van der Waals surface area contributed by atoms with Gasteiger partial charge in [0.15, 0.2) is 4.21 Å². The summed E-state index contributed by atoms with van der Waals surface area (Å²) in [6.45, 7) is 0. The normalized spacial score (nSPS) is 11.6. The highest BCUT2D eigenvalue weighted by molar-refractivity contribution is 9.10. The first-order chi connectivity index (χ1) is 12.6. The molecule has 142 valence electrons. The van der Waals surface area contributed by atoms with E-state index in [0.29, 0.717) is 0 Å². The maximum Gasteiger partial charge on any atom is 0.285 e. The van der Waals surface area contributed by atoms with E-state index in [4.69, 9.17) is 11.6 Å². The number of hydrogen-bond acceptors (Lipinski definition) is 5. The Kier molecular flexibility index (Phi) is 5.39. The van der Waals surface area contributed by atoms with Crippen molar-refractivity contribution in [3.05, 3.63) is 56.6 Å². The first-order valence-corrected chi connectivity index (χ1v) is 10.6. The largest absolute Gasteiger partial charge is 0.333 e. The van der Waals surface area contributed by atoms with Gasteiger partial charge in [-0.2, -0.15) is 0 Å². The van der Waals surface area contributed by atoms with Gasteiger partial charge in [0, 0.05) is 13.2 Å².